The Bertz CT molecular complexity index is 3650. The van der Waals surface area contributed by atoms with E-state index >= 15 is 0 Å². The summed E-state index contributed by atoms with van der Waals surface area (Å²) in [7, 11) is 0. The van der Waals surface area contributed by atoms with Gasteiger partial charge in [0.2, 0.25) is 0 Å². The predicted octanol–water partition coefficient (Wildman–Crippen LogP) is 18.4. The first kappa shape index (κ1) is 44.5. The number of para-hydroxylation sites is 1. The summed E-state index contributed by atoms with van der Waals surface area (Å²) < 4.78 is 14.0. The maximum absolute atomic E-state index is 7.04. The van der Waals surface area contributed by atoms with Gasteiger partial charge in [-0.25, -0.2) is 0 Å². The van der Waals surface area contributed by atoms with Crippen molar-refractivity contribution in [1.82, 2.24) is 0 Å². The minimum atomic E-state index is -0.695. The van der Waals surface area contributed by atoms with Crippen molar-refractivity contribution >= 4 is 17.1 Å². The van der Waals surface area contributed by atoms with E-state index in [1.165, 1.54) is 61.2 Å². The van der Waals surface area contributed by atoms with Gasteiger partial charge in [-0.15, -0.1) is 0 Å². The van der Waals surface area contributed by atoms with E-state index in [0.717, 1.165) is 56.8 Å². The SMILES string of the molecule is CC(C)(C)c1ccc2c(c1)C1(c3cc(C(C)(C)C)ccc3O2)c2ccccc2-c2ccc(N(c3ccc(-c4ccccc4)cc3)c3ccc4c(c3)C(c3ccccc3)(c3ccccc3)c3ccccc3O4)cc21. The lowest BCUT2D eigenvalue weighted by Gasteiger charge is -2.42. The molecule has 0 fully saturated rings. The van der Waals surface area contributed by atoms with Crippen LogP contribution in [0.15, 0.2) is 237 Å². The van der Waals surface area contributed by atoms with Crippen LogP contribution in [0, 0.1) is 0 Å². The number of fused-ring (bicyclic) bond motifs is 11. The van der Waals surface area contributed by atoms with Crippen molar-refractivity contribution in [3.05, 3.63) is 292 Å². The molecule has 73 heavy (non-hydrogen) atoms. The van der Waals surface area contributed by atoms with E-state index in [0.29, 0.717) is 0 Å². The number of benzene rings is 10. The largest absolute Gasteiger partial charge is 0.457 e. The van der Waals surface area contributed by atoms with Crippen LogP contribution < -0.4 is 14.4 Å². The number of hydrogen-bond donors (Lipinski definition) is 0. The molecule has 1 spiro atoms. The zero-order chi connectivity index (χ0) is 49.7. The molecule has 2 heterocycles. The van der Waals surface area contributed by atoms with E-state index in [-0.39, 0.29) is 10.8 Å². The second-order valence-corrected chi connectivity index (χ2v) is 22.1. The molecule has 10 aromatic rings. The number of nitrogens with zero attached hydrogens (tertiary/aromatic N) is 1. The van der Waals surface area contributed by atoms with Crippen molar-refractivity contribution in [2.24, 2.45) is 0 Å². The normalized spacial score (nSPS) is 14.3. The Morgan fingerprint density at radius 2 is 0.712 bits per heavy atom. The molecule has 0 radical (unpaired) electrons. The Morgan fingerprint density at radius 3 is 1.29 bits per heavy atom. The topological polar surface area (TPSA) is 21.7 Å². The zero-order valence-corrected chi connectivity index (χ0v) is 42.3. The highest BCUT2D eigenvalue weighted by Gasteiger charge is 2.52. The quantitative estimate of drug-likeness (QED) is 0.166. The van der Waals surface area contributed by atoms with Gasteiger partial charge >= 0.3 is 0 Å². The van der Waals surface area contributed by atoms with E-state index in [4.69, 9.17) is 9.47 Å². The molecular weight excluding hydrogens is 887 g/mol. The fourth-order valence-corrected chi connectivity index (χ4v) is 12.2. The molecule has 0 saturated heterocycles. The average Bonchev–Trinajstić information content (AvgIpc) is 3.70. The van der Waals surface area contributed by atoms with Gasteiger partial charge in [-0.1, -0.05) is 205 Å². The summed E-state index contributed by atoms with van der Waals surface area (Å²) in [5.74, 6) is 3.46. The van der Waals surface area contributed by atoms with Crippen LogP contribution in [-0.4, -0.2) is 0 Å². The summed E-state index contributed by atoms with van der Waals surface area (Å²) in [6.07, 6.45) is 0. The third-order valence-corrected chi connectivity index (χ3v) is 15.8. The van der Waals surface area contributed by atoms with E-state index in [2.05, 4.69) is 283 Å². The van der Waals surface area contributed by atoms with Gasteiger partial charge in [0.15, 0.2) is 0 Å². The van der Waals surface area contributed by atoms with Gasteiger partial charge in [-0.05, 0) is 139 Å². The van der Waals surface area contributed by atoms with E-state index in [1.807, 2.05) is 0 Å². The Hall–Kier alpha value is -8.40. The van der Waals surface area contributed by atoms with Crippen LogP contribution in [0.4, 0.5) is 17.1 Å². The lowest BCUT2D eigenvalue weighted by molar-refractivity contribution is 0.433. The molecule has 2 aliphatic heterocycles. The molecule has 0 aromatic heterocycles. The van der Waals surface area contributed by atoms with Gasteiger partial charge < -0.3 is 14.4 Å². The summed E-state index contributed by atoms with van der Waals surface area (Å²) in [5, 5.41) is 0. The minimum absolute atomic E-state index is 0.0966. The second-order valence-electron chi connectivity index (χ2n) is 22.1. The lowest BCUT2D eigenvalue weighted by atomic mass is 9.63. The first-order valence-corrected chi connectivity index (χ1v) is 25.6. The number of rotatable bonds is 6. The number of hydrogen-bond acceptors (Lipinski definition) is 3. The summed E-state index contributed by atoms with van der Waals surface area (Å²) in [5.41, 5.74) is 18.2. The maximum atomic E-state index is 7.04. The van der Waals surface area contributed by atoms with Crippen LogP contribution >= 0.6 is 0 Å². The standard InChI is InChI=1S/C70H57NO2/c1-67(2,3)50-32-39-64-60(42-50)70(61-43-51(68(4,5)6)33-40-65(61)73-64)57-27-17-16-26-55(57)56-38-36-53(44-59(56)70)71(52-34-30-47(31-35-52)46-20-10-7-11-21-46)54-37-41-66-62(45-54)69(48-22-12-8-13-23-48,49-24-14-9-15-25-49)58-28-18-19-29-63(58)72-66/h7-45H,1-6H3. The van der Waals surface area contributed by atoms with Crippen molar-refractivity contribution < 1.29 is 9.47 Å². The molecule has 10 aromatic carbocycles. The smallest absolute Gasteiger partial charge is 0.132 e. The summed E-state index contributed by atoms with van der Waals surface area (Å²) in [6, 6.07) is 87.0. The van der Waals surface area contributed by atoms with Crippen LogP contribution in [0.3, 0.4) is 0 Å². The fourth-order valence-electron chi connectivity index (χ4n) is 12.2. The molecule has 3 nitrogen and oxygen atoms in total. The molecule has 13 rings (SSSR count). The van der Waals surface area contributed by atoms with Crippen LogP contribution in [0.2, 0.25) is 0 Å². The van der Waals surface area contributed by atoms with Gasteiger partial charge in [-0.2, -0.15) is 0 Å². The first-order valence-electron chi connectivity index (χ1n) is 25.6. The van der Waals surface area contributed by atoms with Crippen LogP contribution in [-0.2, 0) is 21.7 Å². The molecule has 3 heteroatoms. The molecule has 0 unspecified atom stereocenters. The monoisotopic (exact) mass is 943 g/mol. The number of anilines is 3. The van der Waals surface area contributed by atoms with E-state index < -0.39 is 10.8 Å². The van der Waals surface area contributed by atoms with E-state index in [1.54, 1.807) is 0 Å². The highest BCUT2D eigenvalue weighted by Crippen LogP contribution is 2.64. The lowest BCUT2D eigenvalue weighted by Crippen LogP contribution is -2.34. The molecular formula is C70H57NO2. The maximum Gasteiger partial charge on any atom is 0.132 e. The second kappa shape index (κ2) is 16.6. The minimum Gasteiger partial charge on any atom is -0.457 e. The molecule has 0 saturated carbocycles. The third-order valence-electron chi connectivity index (χ3n) is 15.8. The van der Waals surface area contributed by atoms with Gasteiger partial charge in [0.05, 0.1) is 10.8 Å². The highest BCUT2D eigenvalue weighted by molar-refractivity contribution is 5.92. The molecule has 1 aliphatic carbocycles. The summed E-state index contributed by atoms with van der Waals surface area (Å²) >= 11 is 0. The Morgan fingerprint density at radius 1 is 0.301 bits per heavy atom. The van der Waals surface area contributed by atoms with Gasteiger partial charge in [0.1, 0.15) is 23.0 Å². The Labute approximate surface area is 430 Å². The fraction of sp³-hybridized carbons (Fsp3) is 0.143. The predicted molar refractivity (Wildman–Crippen MR) is 300 cm³/mol. The molecule has 0 bridgehead atoms. The average molecular weight is 944 g/mol. The van der Waals surface area contributed by atoms with Crippen molar-refractivity contribution in [3.8, 4) is 45.3 Å². The van der Waals surface area contributed by atoms with Crippen molar-refractivity contribution in [2.75, 3.05) is 4.90 Å². The van der Waals surface area contributed by atoms with Crippen molar-refractivity contribution in [2.45, 2.75) is 63.2 Å². The van der Waals surface area contributed by atoms with Gasteiger partial charge in [0.25, 0.3) is 0 Å². The molecule has 354 valence electrons. The highest BCUT2D eigenvalue weighted by atomic mass is 16.5. The molecule has 0 amide bonds. The first-order chi connectivity index (χ1) is 35.4. The molecule has 0 atom stereocenters. The van der Waals surface area contributed by atoms with Gasteiger partial charge in [-0.3, -0.25) is 0 Å². The third kappa shape index (κ3) is 6.86. The number of ether oxygens (including phenoxy) is 2. The zero-order valence-electron chi connectivity index (χ0n) is 42.3. The summed E-state index contributed by atoms with van der Waals surface area (Å²) in [4.78, 5) is 2.45. The summed E-state index contributed by atoms with van der Waals surface area (Å²) in [6.45, 7) is 13.8. The Balaban J connectivity index is 1.10. The molecule has 3 aliphatic rings. The van der Waals surface area contributed by atoms with E-state index in [9.17, 15) is 0 Å². The Kier molecular flexibility index (Phi) is 10.1. The molecule has 0 N–H and O–H groups in total. The van der Waals surface area contributed by atoms with Crippen molar-refractivity contribution in [3.63, 3.8) is 0 Å². The van der Waals surface area contributed by atoms with Crippen molar-refractivity contribution in [1.29, 1.82) is 0 Å². The van der Waals surface area contributed by atoms with Crippen LogP contribution in [0.25, 0.3) is 22.3 Å². The van der Waals surface area contributed by atoms with Gasteiger partial charge in [0, 0.05) is 39.3 Å². The van der Waals surface area contributed by atoms with Crippen LogP contribution in [0.1, 0.15) is 97.2 Å². The van der Waals surface area contributed by atoms with Crippen LogP contribution in [0.5, 0.6) is 23.0 Å².